The van der Waals surface area contributed by atoms with E-state index in [4.69, 9.17) is 5.73 Å². The minimum Gasteiger partial charge on any atom is -0.367 e. The van der Waals surface area contributed by atoms with Crippen molar-refractivity contribution in [1.82, 2.24) is 19.3 Å². The highest BCUT2D eigenvalue weighted by Crippen LogP contribution is 2.19. The maximum Gasteiger partial charge on any atom is 0.232 e. The van der Waals surface area contributed by atoms with E-state index in [1.807, 2.05) is 0 Å². The van der Waals surface area contributed by atoms with E-state index in [0.717, 1.165) is 10.6 Å². The van der Waals surface area contributed by atoms with Gasteiger partial charge in [0.15, 0.2) is 0 Å². The average molecular weight is 179 g/mol. The van der Waals surface area contributed by atoms with Crippen molar-refractivity contribution in [3.05, 3.63) is 18.7 Å². The van der Waals surface area contributed by atoms with Crippen LogP contribution in [0.1, 0.15) is 0 Å². The molecule has 2 aromatic rings. The normalized spacial score (nSPS) is 10.0. The summed E-state index contributed by atoms with van der Waals surface area (Å²) in [5.74, 6) is 0.291. The van der Waals surface area contributed by atoms with Crippen molar-refractivity contribution < 1.29 is 0 Å². The molecule has 0 aliphatic carbocycles. The van der Waals surface area contributed by atoms with Crippen molar-refractivity contribution in [3.8, 4) is 10.6 Å². The van der Waals surface area contributed by atoms with Gasteiger partial charge < -0.3 is 5.73 Å². The largest absolute Gasteiger partial charge is 0.367 e. The van der Waals surface area contributed by atoms with Gasteiger partial charge in [0, 0.05) is 18.0 Å². The van der Waals surface area contributed by atoms with Gasteiger partial charge >= 0.3 is 0 Å². The highest BCUT2D eigenvalue weighted by molar-refractivity contribution is 7.09. The van der Waals surface area contributed by atoms with Gasteiger partial charge in [-0.1, -0.05) is 0 Å². The molecule has 2 heterocycles. The van der Waals surface area contributed by atoms with Crippen LogP contribution in [0.3, 0.4) is 0 Å². The highest BCUT2D eigenvalue weighted by atomic mass is 32.1. The second kappa shape index (κ2) is 2.82. The molecule has 2 rings (SSSR count). The Labute approximate surface area is 72.5 Å². The Morgan fingerprint density at radius 1 is 1.25 bits per heavy atom. The van der Waals surface area contributed by atoms with Gasteiger partial charge in [-0.05, 0) is 11.5 Å². The Hall–Kier alpha value is -1.56. The van der Waals surface area contributed by atoms with E-state index < -0.39 is 0 Å². The quantitative estimate of drug-likeness (QED) is 0.692. The highest BCUT2D eigenvalue weighted by Gasteiger charge is 2.03. The van der Waals surface area contributed by atoms with Crippen LogP contribution in [-0.4, -0.2) is 19.3 Å². The second-order valence-corrected chi connectivity index (χ2v) is 2.84. The summed E-state index contributed by atoms with van der Waals surface area (Å²) in [5, 5.41) is 0.744. The molecule has 0 saturated heterocycles. The third kappa shape index (κ3) is 1.24. The lowest BCUT2D eigenvalue weighted by molar-refractivity contribution is 1.17. The first kappa shape index (κ1) is 7.11. The molecular weight excluding hydrogens is 174 g/mol. The molecule has 0 bridgehead atoms. The fourth-order valence-corrected chi connectivity index (χ4v) is 1.33. The van der Waals surface area contributed by atoms with Crippen molar-refractivity contribution in [2.75, 3.05) is 5.73 Å². The zero-order valence-electron chi connectivity index (χ0n) is 6.01. The summed E-state index contributed by atoms with van der Waals surface area (Å²) in [4.78, 5) is 11.7. The first-order valence-electron chi connectivity index (χ1n) is 3.21. The standard InChI is InChI=1S/C6H5N5S/c7-6-10-5(12-11-6)4-1-8-3-9-2-4/h1-3H,(H2,7,11). The number of nitrogen functional groups attached to an aromatic ring is 1. The summed E-state index contributed by atoms with van der Waals surface area (Å²) < 4.78 is 3.85. The Morgan fingerprint density at radius 2 is 2.00 bits per heavy atom. The molecule has 0 spiro atoms. The fraction of sp³-hybridized carbons (Fsp3) is 0. The number of anilines is 1. The third-order valence-electron chi connectivity index (χ3n) is 1.25. The Bertz CT molecular complexity index is 370. The van der Waals surface area contributed by atoms with E-state index in [9.17, 15) is 0 Å². The van der Waals surface area contributed by atoms with E-state index in [2.05, 4.69) is 19.3 Å². The minimum absolute atomic E-state index is 0.291. The lowest BCUT2D eigenvalue weighted by atomic mass is 10.4. The van der Waals surface area contributed by atoms with E-state index in [0.29, 0.717) is 5.95 Å². The molecule has 0 radical (unpaired) electrons. The van der Waals surface area contributed by atoms with Gasteiger partial charge in [-0.2, -0.15) is 9.36 Å². The van der Waals surface area contributed by atoms with Gasteiger partial charge in [0.1, 0.15) is 11.3 Å². The molecule has 2 N–H and O–H groups in total. The predicted octanol–water partition coefficient (Wildman–Crippen LogP) is 0.577. The molecule has 0 unspecified atom stereocenters. The summed E-state index contributed by atoms with van der Waals surface area (Å²) >= 11 is 1.24. The zero-order chi connectivity index (χ0) is 8.39. The van der Waals surface area contributed by atoms with Crippen LogP contribution in [0.25, 0.3) is 10.6 Å². The van der Waals surface area contributed by atoms with Crippen LogP contribution in [0.4, 0.5) is 5.95 Å². The molecule has 0 atom stereocenters. The molecule has 5 nitrogen and oxygen atoms in total. The summed E-state index contributed by atoms with van der Waals surface area (Å²) in [7, 11) is 0. The molecule has 6 heteroatoms. The molecule has 0 amide bonds. The van der Waals surface area contributed by atoms with Gasteiger partial charge in [-0.3, -0.25) is 0 Å². The van der Waals surface area contributed by atoms with Gasteiger partial charge in [0.2, 0.25) is 5.95 Å². The minimum atomic E-state index is 0.291. The number of rotatable bonds is 1. The van der Waals surface area contributed by atoms with Crippen molar-refractivity contribution in [2.24, 2.45) is 0 Å². The molecule has 2 aromatic heterocycles. The van der Waals surface area contributed by atoms with Gasteiger partial charge in [0.25, 0.3) is 0 Å². The Kier molecular flexibility index (Phi) is 1.67. The molecule has 60 valence electrons. The maximum absolute atomic E-state index is 5.36. The molecule has 0 saturated carbocycles. The van der Waals surface area contributed by atoms with E-state index in [1.54, 1.807) is 12.4 Å². The van der Waals surface area contributed by atoms with E-state index in [-0.39, 0.29) is 0 Å². The maximum atomic E-state index is 5.36. The van der Waals surface area contributed by atoms with Crippen LogP contribution in [0.5, 0.6) is 0 Å². The van der Waals surface area contributed by atoms with Crippen molar-refractivity contribution in [3.63, 3.8) is 0 Å². The number of nitrogens with two attached hydrogens (primary N) is 1. The SMILES string of the molecule is Nc1nsc(-c2cncnc2)n1. The topological polar surface area (TPSA) is 77.6 Å². The third-order valence-corrected chi connectivity index (χ3v) is 2.03. The molecule has 0 aromatic carbocycles. The van der Waals surface area contributed by atoms with Crippen molar-refractivity contribution in [1.29, 1.82) is 0 Å². The fourth-order valence-electron chi connectivity index (χ4n) is 0.762. The number of hydrogen-bond acceptors (Lipinski definition) is 6. The lowest BCUT2D eigenvalue weighted by Gasteiger charge is -1.89. The summed E-state index contributed by atoms with van der Waals surface area (Å²) in [6.07, 6.45) is 4.81. The van der Waals surface area contributed by atoms with E-state index in [1.165, 1.54) is 17.9 Å². The Balaban J connectivity index is 2.45. The van der Waals surface area contributed by atoms with Crippen LogP contribution in [0.2, 0.25) is 0 Å². The van der Waals surface area contributed by atoms with Crippen molar-refractivity contribution in [2.45, 2.75) is 0 Å². The first-order valence-corrected chi connectivity index (χ1v) is 3.98. The Morgan fingerprint density at radius 3 is 2.58 bits per heavy atom. The van der Waals surface area contributed by atoms with Gasteiger partial charge in [-0.25, -0.2) is 9.97 Å². The lowest BCUT2D eigenvalue weighted by Crippen LogP contribution is -1.86. The molecule has 0 fully saturated rings. The molecule has 12 heavy (non-hydrogen) atoms. The molecule has 0 aliphatic heterocycles. The van der Waals surface area contributed by atoms with Crippen LogP contribution < -0.4 is 5.73 Å². The summed E-state index contributed by atoms with van der Waals surface area (Å²) in [6.45, 7) is 0. The number of nitrogens with zero attached hydrogens (tertiary/aromatic N) is 4. The first-order chi connectivity index (χ1) is 5.86. The van der Waals surface area contributed by atoms with Gasteiger partial charge in [0.05, 0.1) is 0 Å². The monoisotopic (exact) mass is 179 g/mol. The van der Waals surface area contributed by atoms with Crippen molar-refractivity contribution >= 4 is 17.5 Å². The van der Waals surface area contributed by atoms with Crippen LogP contribution in [0.15, 0.2) is 18.7 Å². The second-order valence-electron chi connectivity index (χ2n) is 2.08. The van der Waals surface area contributed by atoms with Crippen LogP contribution in [-0.2, 0) is 0 Å². The van der Waals surface area contributed by atoms with Crippen LogP contribution in [0, 0.1) is 0 Å². The predicted molar refractivity (Wildman–Crippen MR) is 45.3 cm³/mol. The zero-order valence-corrected chi connectivity index (χ0v) is 6.82. The summed E-state index contributed by atoms with van der Waals surface area (Å²) in [6, 6.07) is 0. The number of hydrogen-bond donors (Lipinski definition) is 1. The average Bonchev–Trinajstić information content (AvgIpc) is 2.54. The van der Waals surface area contributed by atoms with Crippen LogP contribution >= 0.6 is 11.5 Å². The summed E-state index contributed by atoms with van der Waals surface area (Å²) in [5.41, 5.74) is 6.20. The smallest absolute Gasteiger partial charge is 0.232 e. The molecular formula is C6H5N5S. The van der Waals surface area contributed by atoms with Gasteiger partial charge in [-0.15, -0.1) is 0 Å². The van der Waals surface area contributed by atoms with E-state index >= 15 is 0 Å². The number of aromatic nitrogens is 4. The molecule has 0 aliphatic rings.